The molecule has 20 heteroatoms. The van der Waals surface area contributed by atoms with Crippen molar-refractivity contribution in [1.82, 2.24) is 45.9 Å². The summed E-state index contributed by atoms with van der Waals surface area (Å²) in [5, 5.41) is 14.4. The Morgan fingerprint density at radius 2 is 1.77 bits per heavy atom. The lowest BCUT2D eigenvalue weighted by Gasteiger charge is -2.30. The van der Waals surface area contributed by atoms with Gasteiger partial charge in [0.1, 0.15) is 11.8 Å². The number of nitrogens with one attached hydrogen (secondary N) is 5. The van der Waals surface area contributed by atoms with E-state index in [4.69, 9.17) is 4.42 Å². The Morgan fingerprint density at radius 1 is 1.02 bits per heavy atom. The summed E-state index contributed by atoms with van der Waals surface area (Å²) in [7, 11) is 1.91. The summed E-state index contributed by atoms with van der Waals surface area (Å²) in [5.41, 5.74) is 0.720. The van der Waals surface area contributed by atoms with Crippen molar-refractivity contribution in [2.24, 2.45) is 5.92 Å². The highest BCUT2D eigenvalue weighted by Gasteiger charge is 2.40. The van der Waals surface area contributed by atoms with Crippen LogP contribution in [0.1, 0.15) is 78.2 Å². The highest BCUT2D eigenvalue weighted by Crippen LogP contribution is 2.34. The van der Waals surface area contributed by atoms with Gasteiger partial charge in [-0.15, -0.1) is 23.1 Å². The van der Waals surface area contributed by atoms with Crippen LogP contribution in [0.25, 0.3) is 0 Å². The number of thiophene rings is 1. The van der Waals surface area contributed by atoms with Crippen LogP contribution in [0.3, 0.4) is 0 Å². The highest BCUT2D eigenvalue weighted by atomic mass is 32.2. The van der Waals surface area contributed by atoms with Crippen LogP contribution in [0.15, 0.2) is 27.1 Å². The molecule has 0 saturated carbocycles. The van der Waals surface area contributed by atoms with E-state index < -0.39 is 11.9 Å². The van der Waals surface area contributed by atoms with Crippen molar-refractivity contribution in [3.63, 3.8) is 0 Å². The van der Waals surface area contributed by atoms with Crippen LogP contribution < -0.4 is 26.6 Å². The number of likely N-dealkylation sites (tertiary alicyclic amines) is 1. The smallest absolute Gasteiger partial charge is 0.315 e. The first-order chi connectivity index (χ1) is 27.2. The molecule has 0 spiro atoms. The van der Waals surface area contributed by atoms with E-state index in [2.05, 4.69) is 62.2 Å². The number of urea groups is 1. The van der Waals surface area contributed by atoms with E-state index in [1.807, 2.05) is 18.0 Å². The quantitative estimate of drug-likeness (QED) is 0.104. The average molecular weight is 843 g/mol. The first-order valence-corrected chi connectivity index (χ1v) is 21.6. The number of likely N-dealkylation sites (N-methyl/N-ethyl adjacent to an activating group) is 1. The minimum absolute atomic E-state index is 0.0488. The van der Waals surface area contributed by atoms with Crippen LogP contribution in [0.2, 0.25) is 0 Å². The molecule has 2 fully saturated rings. The number of anilines is 1. The lowest BCUT2D eigenvalue weighted by molar-refractivity contribution is -0.137. The number of thiazole rings is 1. The lowest BCUT2D eigenvalue weighted by atomic mass is 9.94. The number of hydrogen-bond donors (Lipinski definition) is 5. The molecule has 3 aromatic rings. The summed E-state index contributed by atoms with van der Waals surface area (Å²) in [5.74, 6) is 0.840. The van der Waals surface area contributed by atoms with Crippen LogP contribution in [-0.4, -0.2) is 119 Å². The number of thioether (sulfide) groups is 1. The van der Waals surface area contributed by atoms with E-state index in [-0.39, 0.29) is 60.5 Å². The van der Waals surface area contributed by atoms with Crippen molar-refractivity contribution in [3.05, 3.63) is 45.4 Å². The monoisotopic (exact) mass is 842 g/mol. The second kappa shape index (κ2) is 18.9. The molecule has 0 aromatic carbocycles. The number of fused-ring (bicyclic) bond motifs is 1. The zero-order valence-electron chi connectivity index (χ0n) is 32.6. The van der Waals surface area contributed by atoms with Gasteiger partial charge in [-0.25, -0.2) is 14.8 Å². The fourth-order valence-corrected chi connectivity index (χ4v) is 9.43. The van der Waals surface area contributed by atoms with Crippen LogP contribution >= 0.6 is 34.4 Å². The van der Waals surface area contributed by atoms with Crippen LogP contribution in [0.4, 0.5) is 9.93 Å². The molecule has 0 bridgehead atoms. The molecular formula is C37H50N10O7S3. The zero-order valence-corrected chi connectivity index (χ0v) is 35.1. The fraction of sp³-hybridized carbons (Fsp3) is 0.568. The van der Waals surface area contributed by atoms with Crippen LogP contribution in [0, 0.1) is 5.92 Å². The van der Waals surface area contributed by atoms with E-state index in [0.29, 0.717) is 86.7 Å². The molecule has 17 nitrogen and oxygen atoms in total. The van der Waals surface area contributed by atoms with Crippen LogP contribution in [-0.2, 0) is 43.4 Å². The van der Waals surface area contributed by atoms with Gasteiger partial charge in [0.15, 0.2) is 5.13 Å². The van der Waals surface area contributed by atoms with E-state index in [1.54, 1.807) is 24.2 Å². The molecule has 2 saturated heterocycles. The normalized spacial score (nSPS) is 17.8. The molecule has 6 rings (SSSR count). The predicted octanol–water partition coefficient (Wildman–Crippen LogP) is 2.74. The number of carbonyl (C=O) groups is 6. The maximum atomic E-state index is 13.0. The molecule has 5 N–H and O–H groups in total. The Morgan fingerprint density at radius 3 is 2.47 bits per heavy atom. The maximum Gasteiger partial charge on any atom is 0.315 e. The van der Waals surface area contributed by atoms with E-state index in [1.165, 1.54) is 27.6 Å². The van der Waals surface area contributed by atoms with Crippen molar-refractivity contribution in [3.8, 4) is 0 Å². The van der Waals surface area contributed by atoms with Gasteiger partial charge >= 0.3 is 6.03 Å². The van der Waals surface area contributed by atoms with Gasteiger partial charge in [0, 0.05) is 55.4 Å². The number of hydrogen-bond acceptors (Lipinski definition) is 14. The van der Waals surface area contributed by atoms with Gasteiger partial charge in [0.05, 0.1) is 40.3 Å². The van der Waals surface area contributed by atoms with Gasteiger partial charge in [-0.2, -0.15) is 0 Å². The fourth-order valence-electron chi connectivity index (χ4n) is 6.64. The number of nitrogens with zero attached hydrogens (tertiary/aromatic N) is 5. The SMILES string of the molecule is CN(CCNC(=O)CN1CCC(C(=O)Nc2ncc(SCc3ncc(C(C)(C)C)o3)s2)CC1)CCNC(=O)NCc1cc2c(s1)C(=O)N(C1CCC(=O)NC1=O)C2. The molecule has 0 aliphatic carbocycles. The second-order valence-electron chi connectivity index (χ2n) is 15.4. The summed E-state index contributed by atoms with van der Waals surface area (Å²) in [6, 6.07) is 0.895. The first-order valence-electron chi connectivity index (χ1n) is 19.0. The number of imide groups is 1. The highest BCUT2D eigenvalue weighted by molar-refractivity contribution is 8.00. The number of oxazole rings is 1. The predicted molar refractivity (Wildman–Crippen MR) is 216 cm³/mol. The molecule has 3 aromatic heterocycles. The Hall–Kier alpha value is -4.37. The van der Waals surface area contributed by atoms with E-state index in [0.717, 1.165) is 20.4 Å². The average Bonchev–Trinajstić information content (AvgIpc) is 3.96. The first kappa shape index (κ1) is 42.2. The molecular weight excluding hydrogens is 793 g/mol. The molecule has 0 radical (unpaired) electrons. The van der Waals surface area contributed by atoms with Crippen molar-refractivity contribution < 1.29 is 33.2 Å². The van der Waals surface area contributed by atoms with Crippen molar-refractivity contribution >= 4 is 75.1 Å². The number of amides is 7. The molecule has 3 aliphatic rings. The van der Waals surface area contributed by atoms with E-state index in [9.17, 15) is 28.8 Å². The zero-order chi connectivity index (χ0) is 40.7. The molecule has 6 heterocycles. The Kier molecular flexibility index (Phi) is 14.0. The minimum Gasteiger partial charge on any atom is -0.444 e. The third-order valence-corrected chi connectivity index (χ3v) is 13.2. The standard InChI is InChI=1S/C37H50N10O7S3/c1-37(2,3)26-17-40-29(54-26)21-55-30-18-42-36(57-30)44-32(50)22-7-11-46(12-8-22)20-28(49)38-9-13-45(4)14-10-39-35(53)41-16-24-15-23-19-47(34(52)31(23)56-24)25-5-6-27(48)43-33(25)51/h15,17-18,22,25H,5-14,16,19-21H2,1-4H3,(H,38,49)(H2,39,41,53)(H,42,44,50)(H,43,48,51). The van der Waals surface area contributed by atoms with Crippen molar-refractivity contribution in [2.45, 2.75) is 81.0 Å². The van der Waals surface area contributed by atoms with Crippen molar-refractivity contribution in [1.29, 1.82) is 0 Å². The van der Waals surface area contributed by atoms with Gasteiger partial charge < -0.3 is 35.5 Å². The number of piperidine rings is 2. The Bertz CT molecular complexity index is 1950. The summed E-state index contributed by atoms with van der Waals surface area (Å²) in [6.07, 6.45) is 5.37. The second-order valence-corrected chi connectivity index (χ2v) is 18.9. The Balaban J connectivity index is 0.789. The number of carbonyl (C=O) groups excluding carboxylic acids is 6. The van der Waals surface area contributed by atoms with Gasteiger partial charge in [0.2, 0.25) is 29.5 Å². The molecule has 3 aliphatic heterocycles. The minimum atomic E-state index is -0.649. The summed E-state index contributed by atoms with van der Waals surface area (Å²) in [6.45, 7) is 10.4. The molecule has 1 atom stereocenters. The summed E-state index contributed by atoms with van der Waals surface area (Å²) >= 11 is 4.29. The van der Waals surface area contributed by atoms with E-state index >= 15 is 0 Å². The Labute approximate surface area is 343 Å². The number of rotatable bonds is 16. The third kappa shape index (κ3) is 11.6. The third-order valence-electron chi connectivity index (χ3n) is 9.93. The molecule has 1 unspecified atom stereocenters. The topological polar surface area (TPSA) is 211 Å². The van der Waals surface area contributed by atoms with Gasteiger partial charge in [-0.1, -0.05) is 32.1 Å². The molecule has 57 heavy (non-hydrogen) atoms. The maximum absolute atomic E-state index is 13.0. The lowest BCUT2D eigenvalue weighted by Crippen LogP contribution is -2.52. The summed E-state index contributed by atoms with van der Waals surface area (Å²) in [4.78, 5) is 90.3. The van der Waals surface area contributed by atoms with Gasteiger partial charge in [-0.05, 0) is 51.0 Å². The summed E-state index contributed by atoms with van der Waals surface area (Å²) < 4.78 is 6.83. The molecule has 7 amide bonds. The molecule has 308 valence electrons. The van der Waals surface area contributed by atoms with Crippen LogP contribution in [0.5, 0.6) is 0 Å². The largest absolute Gasteiger partial charge is 0.444 e. The van der Waals surface area contributed by atoms with Crippen molar-refractivity contribution in [2.75, 3.05) is 58.2 Å². The number of aromatic nitrogens is 2. The van der Waals surface area contributed by atoms with Gasteiger partial charge in [0.25, 0.3) is 5.91 Å². The van der Waals surface area contributed by atoms with Gasteiger partial charge in [-0.3, -0.25) is 34.2 Å².